The summed E-state index contributed by atoms with van der Waals surface area (Å²) in [7, 11) is 0. The highest BCUT2D eigenvalue weighted by Gasteiger charge is 1.84. The van der Waals surface area contributed by atoms with Crippen LogP contribution in [0.2, 0.25) is 0 Å². The predicted octanol–water partition coefficient (Wildman–Crippen LogP) is 7.17. The van der Waals surface area contributed by atoms with Gasteiger partial charge < -0.3 is 0 Å². The van der Waals surface area contributed by atoms with Crippen LogP contribution < -0.4 is 0 Å². The van der Waals surface area contributed by atoms with E-state index in [0.29, 0.717) is 0 Å². The lowest BCUT2D eigenvalue weighted by Gasteiger charge is -1.95. The van der Waals surface area contributed by atoms with Crippen molar-refractivity contribution in [2.45, 2.75) is 68.2 Å². The van der Waals surface area contributed by atoms with E-state index < -0.39 is 0 Å². The average molecular weight is 274 g/mol. The molecule has 0 aliphatic rings. The summed E-state index contributed by atoms with van der Waals surface area (Å²) in [6, 6.07) is 0. The van der Waals surface area contributed by atoms with Crippen LogP contribution in [0.4, 0.5) is 0 Å². The van der Waals surface area contributed by atoms with Crippen LogP contribution in [0.1, 0.15) is 68.2 Å². The van der Waals surface area contributed by atoms with Gasteiger partial charge in [-0.05, 0) is 68.2 Å². The lowest BCUT2D eigenvalue weighted by atomic mass is 10.1. The fraction of sp³-hybridized carbons (Fsp3) is 0.500. The molecule has 0 rings (SSSR count). The molecule has 20 heavy (non-hydrogen) atoms. The molecule has 0 aromatic rings. The molecule has 0 radical (unpaired) electrons. The molecule has 0 unspecified atom stereocenters. The maximum Gasteiger partial charge on any atom is -0.0288 e. The zero-order valence-corrected chi connectivity index (χ0v) is 14.9. The van der Waals surface area contributed by atoms with Gasteiger partial charge in [-0.25, -0.2) is 0 Å². The minimum absolute atomic E-state index is 1.19. The normalized spacial score (nSPS) is 11.8. The number of rotatable bonds is 5. The van der Waals surface area contributed by atoms with Gasteiger partial charge in [0, 0.05) is 0 Å². The molecule has 0 bridgehead atoms. The fourth-order valence-corrected chi connectivity index (χ4v) is 1.22. The molecule has 0 aromatic heterocycles. The van der Waals surface area contributed by atoms with E-state index in [1.54, 1.807) is 0 Å². The van der Waals surface area contributed by atoms with Crippen molar-refractivity contribution in [3.05, 3.63) is 58.7 Å². The maximum absolute atomic E-state index is 2.28. The SMILES string of the molecule is C/C=C(C)/C=C/C=C(C)C.C/C=C(\C)CCC=C(C)C. The minimum Gasteiger partial charge on any atom is -0.0887 e. The van der Waals surface area contributed by atoms with Crippen molar-refractivity contribution in [3.63, 3.8) is 0 Å². The molecule has 0 amide bonds. The van der Waals surface area contributed by atoms with Gasteiger partial charge in [0.05, 0.1) is 0 Å². The van der Waals surface area contributed by atoms with E-state index >= 15 is 0 Å². The van der Waals surface area contributed by atoms with E-state index in [4.69, 9.17) is 0 Å². The van der Waals surface area contributed by atoms with Crippen LogP contribution in [0, 0.1) is 0 Å². The van der Waals surface area contributed by atoms with Crippen LogP contribution >= 0.6 is 0 Å². The second-order valence-electron chi connectivity index (χ2n) is 5.59. The Kier molecular flexibility index (Phi) is 14.8. The summed E-state index contributed by atoms with van der Waals surface area (Å²) in [5, 5.41) is 0. The van der Waals surface area contributed by atoms with Crippen LogP contribution in [0.15, 0.2) is 58.7 Å². The van der Waals surface area contributed by atoms with Crippen molar-refractivity contribution in [3.8, 4) is 0 Å². The highest BCUT2D eigenvalue weighted by molar-refractivity contribution is 5.20. The van der Waals surface area contributed by atoms with E-state index in [1.807, 2.05) is 6.92 Å². The molecule has 0 atom stereocenters. The molecule has 0 saturated heterocycles. The summed E-state index contributed by atoms with van der Waals surface area (Å²) < 4.78 is 0. The van der Waals surface area contributed by atoms with Crippen molar-refractivity contribution >= 4 is 0 Å². The van der Waals surface area contributed by atoms with Crippen molar-refractivity contribution < 1.29 is 0 Å². The Morgan fingerprint density at radius 1 is 0.800 bits per heavy atom. The van der Waals surface area contributed by atoms with Gasteiger partial charge in [0.2, 0.25) is 0 Å². The van der Waals surface area contributed by atoms with Crippen LogP contribution in [-0.2, 0) is 0 Å². The molecule has 0 N–H and O–H groups in total. The van der Waals surface area contributed by atoms with Crippen LogP contribution in [0.5, 0.6) is 0 Å². The monoisotopic (exact) mass is 274 g/mol. The van der Waals surface area contributed by atoms with Gasteiger partial charge in [0.15, 0.2) is 0 Å². The standard InChI is InChI=1S/C10H18.C10H16/c2*1-5-10(4)8-6-7-9(2)3/h5,7H,6,8H2,1-4H3;5-8H,1-4H3/b10-5+;8-6+,10-5+. The van der Waals surface area contributed by atoms with E-state index in [2.05, 4.69) is 84.9 Å². The Hall–Kier alpha value is -1.30. The number of hydrogen-bond acceptors (Lipinski definition) is 0. The van der Waals surface area contributed by atoms with Gasteiger partial charge in [-0.1, -0.05) is 58.7 Å². The Morgan fingerprint density at radius 2 is 1.40 bits per heavy atom. The second-order valence-corrected chi connectivity index (χ2v) is 5.59. The van der Waals surface area contributed by atoms with Crippen LogP contribution in [0.3, 0.4) is 0 Å². The zero-order chi connectivity index (χ0) is 16.0. The van der Waals surface area contributed by atoms with E-state index in [9.17, 15) is 0 Å². The van der Waals surface area contributed by atoms with E-state index in [0.717, 1.165) is 0 Å². The largest absolute Gasteiger partial charge is 0.0887 e. The third kappa shape index (κ3) is 19.0. The maximum atomic E-state index is 2.28. The Balaban J connectivity index is 0. The van der Waals surface area contributed by atoms with Crippen LogP contribution in [-0.4, -0.2) is 0 Å². The number of hydrogen-bond donors (Lipinski definition) is 0. The average Bonchev–Trinajstić information content (AvgIpc) is 2.38. The lowest BCUT2D eigenvalue weighted by Crippen LogP contribution is -1.74. The third-order valence-corrected chi connectivity index (χ3v) is 2.83. The first-order valence-corrected chi connectivity index (χ1v) is 7.53. The Labute approximate surface area is 127 Å². The Bertz CT molecular complexity index is 376. The van der Waals surface area contributed by atoms with Crippen LogP contribution in [0.25, 0.3) is 0 Å². The molecule has 0 fully saturated rings. The summed E-state index contributed by atoms with van der Waals surface area (Å²) in [6.07, 6.45) is 15.2. The first-order chi connectivity index (χ1) is 9.33. The van der Waals surface area contributed by atoms with Gasteiger partial charge in [-0.3, -0.25) is 0 Å². The molecule has 0 spiro atoms. The molecule has 0 aliphatic heterocycles. The van der Waals surface area contributed by atoms with Gasteiger partial charge in [-0.2, -0.15) is 0 Å². The highest BCUT2D eigenvalue weighted by atomic mass is 13.9. The minimum atomic E-state index is 1.19. The summed E-state index contributed by atoms with van der Waals surface area (Å²) >= 11 is 0. The molecule has 0 heteroatoms. The molecule has 0 nitrogen and oxygen atoms in total. The molecule has 0 aliphatic carbocycles. The zero-order valence-electron chi connectivity index (χ0n) is 14.9. The highest BCUT2D eigenvalue weighted by Crippen LogP contribution is 2.05. The Morgan fingerprint density at radius 3 is 1.80 bits per heavy atom. The van der Waals surface area contributed by atoms with Gasteiger partial charge in [0.25, 0.3) is 0 Å². The van der Waals surface area contributed by atoms with Gasteiger partial charge in [-0.15, -0.1) is 0 Å². The van der Waals surface area contributed by atoms with E-state index in [1.165, 1.54) is 35.1 Å². The lowest BCUT2D eigenvalue weighted by molar-refractivity contribution is 0.964. The summed E-state index contributed by atoms with van der Waals surface area (Å²) in [5.74, 6) is 0. The quantitative estimate of drug-likeness (QED) is 0.368. The molecule has 0 aromatic carbocycles. The molecular weight excluding hydrogens is 240 g/mol. The smallest absolute Gasteiger partial charge is 0.0288 e. The van der Waals surface area contributed by atoms with Crippen molar-refractivity contribution in [1.29, 1.82) is 0 Å². The van der Waals surface area contributed by atoms with Gasteiger partial charge >= 0.3 is 0 Å². The first-order valence-electron chi connectivity index (χ1n) is 7.53. The molecule has 0 saturated carbocycles. The second kappa shape index (κ2) is 14.1. The van der Waals surface area contributed by atoms with Crippen molar-refractivity contribution in [2.75, 3.05) is 0 Å². The van der Waals surface area contributed by atoms with Gasteiger partial charge in [0.1, 0.15) is 0 Å². The summed E-state index contributed by atoms with van der Waals surface area (Å²) in [5.41, 5.74) is 5.54. The molecule has 114 valence electrons. The number of allylic oxidation sites excluding steroid dienone is 10. The molecular formula is C20H34. The summed E-state index contributed by atoms with van der Waals surface area (Å²) in [6.45, 7) is 16.9. The predicted molar refractivity (Wildman–Crippen MR) is 96.1 cm³/mol. The fourth-order valence-electron chi connectivity index (χ4n) is 1.22. The van der Waals surface area contributed by atoms with Crippen molar-refractivity contribution in [2.24, 2.45) is 0 Å². The van der Waals surface area contributed by atoms with Crippen molar-refractivity contribution in [1.82, 2.24) is 0 Å². The topological polar surface area (TPSA) is 0 Å². The molecule has 0 heterocycles. The third-order valence-electron chi connectivity index (χ3n) is 2.83. The first kappa shape index (κ1) is 21.0. The summed E-state index contributed by atoms with van der Waals surface area (Å²) in [4.78, 5) is 0. The van der Waals surface area contributed by atoms with E-state index in [-0.39, 0.29) is 0 Å².